The van der Waals surface area contributed by atoms with Crippen molar-refractivity contribution in [1.29, 1.82) is 0 Å². The van der Waals surface area contributed by atoms with Gasteiger partial charge in [0.15, 0.2) is 0 Å². The highest BCUT2D eigenvalue weighted by Crippen LogP contribution is 2.19. The van der Waals surface area contributed by atoms with E-state index in [1.165, 1.54) is 11.9 Å². The van der Waals surface area contributed by atoms with Gasteiger partial charge in [0.25, 0.3) is 5.91 Å². The van der Waals surface area contributed by atoms with Crippen LogP contribution in [-0.2, 0) is 14.3 Å². The molecule has 0 saturated carbocycles. The minimum Gasteiger partial charge on any atom is -0.388 e. The average molecular weight is 285 g/mol. The largest absolute Gasteiger partial charge is 0.388 e. The third-order valence-corrected chi connectivity index (χ3v) is 3.57. The van der Waals surface area contributed by atoms with E-state index >= 15 is 0 Å². The molecule has 4 amide bonds. The molecule has 112 valence electrons. The van der Waals surface area contributed by atoms with E-state index in [1.54, 1.807) is 0 Å². The summed E-state index contributed by atoms with van der Waals surface area (Å²) in [6.45, 7) is 0.698. The molecule has 0 radical (unpaired) electrons. The third-order valence-electron chi connectivity index (χ3n) is 3.57. The number of carbonyl (C=O) groups excluding carboxylic acids is 3. The second-order valence-corrected chi connectivity index (χ2v) is 5.23. The van der Waals surface area contributed by atoms with Crippen molar-refractivity contribution in [2.75, 3.05) is 39.9 Å². The molecular weight excluding hydrogens is 266 g/mol. The normalized spacial score (nSPS) is 22.3. The summed E-state index contributed by atoms with van der Waals surface area (Å²) < 4.78 is 5.14. The lowest BCUT2D eigenvalue weighted by Crippen LogP contribution is -2.49. The van der Waals surface area contributed by atoms with Gasteiger partial charge in [-0.05, 0) is 0 Å². The quantitative estimate of drug-likeness (QED) is 0.615. The minimum absolute atomic E-state index is 0.00656. The maximum Gasteiger partial charge on any atom is 0.327 e. The van der Waals surface area contributed by atoms with Crippen molar-refractivity contribution in [3.8, 4) is 0 Å². The molecule has 0 aromatic heterocycles. The molecule has 0 aromatic rings. The lowest BCUT2D eigenvalue weighted by Gasteiger charge is -2.32. The number of imide groups is 1. The molecule has 2 saturated heterocycles. The average Bonchev–Trinajstić information content (AvgIpc) is 2.64. The highest BCUT2D eigenvalue weighted by atomic mass is 16.5. The second-order valence-electron chi connectivity index (χ2n) is 5.23. The molecule has 0 spiro atoms. The highest BCUT2D eigenvalue weighted by molar-refractivity contribution is 6.04. The van der Waals surface area contributed by atoms with Gasteiger partial charge in [-0.15, -0.1) is 0 Å². The monoisotopic (exact) mass is 285 g/mol. The van der Waals surface area contributed by atoms with Gasteiger partial charge in [-0.1, -0.05) is 0 Å². The number of hydrogen-bond acceptors (Lipinski definition) is 5. The number of hydrogen-bond donors (Lipinski definition) is 2. The first kappa shape index (κ1) is 14.7. The Morgan fingerprint density at radius 2 is 2.05 bits per heavy atom. The maximum atomic E-state index is 11.8. The first-order valence-electron chi connectivity index (χ1n) is 6.54. The molecule has 8 heteroatoms. The molecule has 2 rings (SSSR count). The maximum absolute atomic E-state index is 11.8. The van der Waals surface area contributed by atoms with Crippen molar-refractivity contribution in [2.45, 2.75) is 18.4 Å². The van der Waals surface area contributed by atoms with E-state index in [0.717, 1.165) is 4.90 Å². The van der Waals surface area contributed by atoms with Gasteiger partial charge in [-0.2, -0.15) is 0 Å². The van der Waals surface area contributed by atoms with Gasteiger partial charge in [-0.3, -0.25) is 14.5 Å². The van der Waals surface area contributed by atoms with Crippen LogP contribution in [0.3, 0.4) is 0 Å². The summed E-state index contributed by atoms with van der Waals surface area (Å²) in [6, 6.07) is -0.477. The molecule has 2 heterocycles. The Labute approximate surface area is 116 Å². The van der Waals surface area contributed by atoms with E-state index in [-0.39, 0.29) is 19.6 Å². The summed E-state index contributed by atoms with van der Waals surface area (Å²) in [5.74, 6) is -0.848. The molecule has 0 aromatic carbocycles. The minimum atomic E-state index is -0.969. The van der Waals surface area contributed by atoms with E-state index in [4.69, 9.17) is 4.74 Å². The van der Waals surface area contributed by atoms with Crippen molar-refractivity contribution in [2.24, 2.45) is 0 Å². The molecule has 0 unspecified atom stereocenters. The summed E-state index contributed by atoms with van der Waals surface area (Å²) in [5, 5.41) is 12.7. The van der Waals surface area contributed by atoms with E-state index in [1.807, 2.05) is 0 Å². The number of aliphatic hydroxyl groups is 1. The fourth-order valence-electron chi connectivity index (χ4n) is 2.22. The van der Waals surface area contributed by atoms with E-state index in [2.05, 4.69) is 5.32 Å². The van der Waals surface area contributed by atoms with Crippen LogP contribution in [0.5, 0.6) is 0 Å². The highest BCUT2D eigenvalue weighted by Gasteiger charge is 2.35. The summed E-state index contributed by atoms with van der Waals surface area (Å²) in [5.41, 5.74) is -0.969. The third kappa shape index (κ3) is 3.26. The lowest BCUT2D eigenvalue weighted by molar-refractivity contribution is -0.131. The number of amides is 4. The molecule has 20 heavy (non-hydrogen) atoms. The van der Waals surface area contributed by atoms with Crippen molar-refractivity contribution in [3.63, 3.8) is 0 Å². The number of rotatable bonds is 4. The summed E-state index contributed by atoms with van der Waals surface area (Å²) in [6.07, 6.45) is 0.912. The molecule has 2 aliphatic rings. The van der Waals surface area contributed by atoms with Gasteiger partial charge < -0.3 is 20.1 Å². The van der Waals surface area contributed by atoms with E-state index < -0.39 is 23.4 Å². The number of urea groups is 1. The van der Waals surface area contributed by atoms with Crippen molar-refractivity contribution in [1.82, 2.24) is 15.1 Å². The number of ether oxygens (including phenoxy) is 1. The lowest BCUT2D eigenvalue weighted by atomic mass is 9.94. The Balaban J connectivity index is 1.81. The summed E-state index contributed by atoms with van der Waals surface area (Å²) in [4.78, 5) is 37.0. The Morgan fingerprint density at radius 1 is 1.40 bits per heavy atom. The molecule has 2 fully saturated rings. The van der Waals surface area contributed by atoms with Gasteiger partial charge in [0, 0.05) is 39.6 Å². The molecular formula is C12H19N3O5. The van der Waals surface area contributed by atoms with Crippen LogP contribution in [0.4, 0.5) is 4.79 Å². The second kappa shape index (κ2) is 5.76. The first-order valence-corrected chi connectivity index (χ1v) is 6.54. The fraction of sp³-hybridized carbons (Fsp3) is 0.750. The predicted molar refractivity (Wildman–Crippen MR) is 67.8 cm³/mol. The summed E-state index contributed by atoms with van der Waals surface area (Å²) >= 11 is 0. The SMILES string of the molecule is CN1CC(=O)N(CC(=O)NCC2(O)CCOCC2)C1=O. The molecule has 0 aliphatic carbocycles. The Morgan fingerprint density at radius 3 is 2.60 bits per heavy atom. The number of likely N-dealkylation sites (N-methyl/N-ethyl adjacent to an activating group) is 1. The van der Waals surface area contributed by atoms with Gasteiger partial charge in [0.05, 0.1) is 5.60 Å². The van der Waals surface area contributed by atoms with Crippen LogP contribution in [0.25, 0.3) is 0 Å². The molecule has 8 nitrogen and oxygen atoms in total. The Hall–Kier alpha value is -1.67. The van der Waals surface area contributed by atoms with Crippen LogP contribution < -0.4 is 5.32 Å². The number of carbonyl (C=O) groups is 3. The zero-order valence-electron chi connectivity index (χ0n) is 11.4. The van der Waals surface area contributed by atoms with Crippen LogP contribution in [0.2, 0.25) is 0 Å². The van der Waals surface area contributed by atoms with Gasteiger partial charge in [0.2, 0.25) is 5.91 Å². The Bertz CT molecular complexity index is 419. The Kier molecular flexibility index (Phi) is 4.24. The van der Waals surface area contributed by atoms with Gasteiger partial charge in [-0.25, -0.2) is 4.79 Å². The number of nitrogens with zero attached hydrogens (tertiary/aromatic N) is 2. The van der Waals surface area contributed by atoms with Gasteiger partial charge in [0.1, 0.15) is 13.1 Å². The summed E-state index contributed by atoms with van der Waals surface area (Å²) in [7, 11) is 1.50. The fourth-order valence-corrected chi connectivity index (χ4v) is 2.22. The van der Waals surface area contributed by atoms with Gasteiger partial charge >= 0.3 is 6.03 Å². The molecule has 2 aliphatic heterocycles. The van der Waals surface area contributed by atoms with Crippen LogP contribution in [-0.4, -0.2) is 78.2 Å². The zero-order chi connectivity index (χ0) is 14.8. The standard InChI is InChI=1S/C12H19N3O5/c1-14-7-10(17)15(11(14)18)6-9(16)13-8-12(19)2-4-20-5-3-12/h19H,2-8H2,1H3,(H,13,16). The van der Waals surface area contributed by atoms with Crippen LogP contribution >= 0.6 is 0 Å². The van der Waals surface area contributed by atoms with Crippen molar-refractivity contribution >= 4 is 17.8 Å². The smallest absolute Gasteiger partial charge is 0.327 e. The van der Waals surface area contributed by atoms with Crippen LogP contribution in [0.15, 0.2) is 0 Å². The van der Waals surface area contributed by atoms with E-state index in [9.17, 15) is 19.5 Å². The zero-order valence-corrected chi connectivity index (χ0v) is 11.4. The first-order chi connectivity index (χ1) is 9.41. The predicted octanol–water partition coefficient (Wildman–Crippen LogP) is -1.46. The van der Waals surface area contributed by atoms with E-state index in [0.29, 0.717) is 26.1 Å². The molecule has 0 bridgehead atoms. The topological polar surface area (TPSA) is 99.2 Å². The molecule has 0 atom stereocenters. The van der Waals surface area contributed by atoms with Crippen LogP contribution in [0.1, 0.15) is 12.8 Å². The van der Waals surface area contributed by atoms with Crippen molar-refractivity contribution < 1.29 is 24.2 Å². The number of nitrogens with one attached hydrogen (secondary N) is 1. The van der Waals surface area contributed by atoms with Crippen molar-refractivity contribution in [3.05, 3.63) is 0 Å². The molecule has 2 N–H and O–H groups in total. The van der Waals surface area contributed by atoms with Crippen LogP contribution in [0, 0.1) is 0 Å².